The molecule has 1 heterocycles. The van der Waals surface area contributed by atoms with Gasteiger partial charge in [-0.15, -0.1) is 18.3 Å². The highest BCUT2D eigenvalue weighted by Gasteiger charge is 2.31. The maximum Gasteiger partial charge on any atom is 0.573 e. The number of ether oxygens (including phenoxy) is 1. The van der Waals surface area contributed by atoms with Gasteiger partial charge in [0.2, 0.25) is 5.16 Å². The van der Waals surface area contributed by atoms with E-state index in [1.54, 1.807) is 6.07 Å². The number of thioether (sulfide) groups is 1. The molecule has 0 bridgehead atoms. The number of halogens is 4. The van der Waals surface area contributed by atoms with E-state index < -0.39 is 6.36 Å². The Hall–Kier alpha value is -2.26. The standard InChI is InChI=1S/C16H12ClF3N4OS/c1-10(13-4-2-3-5-14(13)17)26-15-21-22-23-24(15)11-6-8-12(9-7-11)25-16(18,19)20/h2-10H,1H3/t10-/m0/s1. The molecule has 2 aromatic carbocycles. The molecule has 0 aliphatic rings. The highest BCUT2D eigenvalue weighted by atomic mass is 35.5. The third-order valence-electron chi connectivity index (χ3n) is 3.38. The van der Waals surface area contributed by atoms with Gasteiger partial charge in [0, 0.05) is 10.3 Å². The average Bonchev–Trinajstić information content (AvgIpc) is 3.02. The second-order valence-corrected chi connectivity index (χ2v) is 6.91. The van der Waals surface area contributed by atoms with Gasteiger partial charge in [-0.05, 0) is 53.2 Å². The molecule has 0 unspecified atom stereocenters. The van der Waals surface area contributed by atoms with Crippen LogP contribution < -0.4 is 4.74 Å². The van der Waals surface area contributed by atoms with Crippen molar-refractivity contribution in [1.29, 1.82) is 0 Å². The van der Waals surface area contributed by atoms with Crippen LogP contribution in [0.3, 0.4) is 0 Å². The van der Waals surface area contributed by atoms with E-state index in [1.165, 1.54) is 40.7 Å². The maximum absolute atomic E-state index is 12.2. The van der Waals surface area contributed by atoms with Crippen LogP contribution >= 0.6 is 23.4 Å². The number of rotatable bonds is 5. The third kappa shape index (κ3) is 4.47. The summed E-state index contributed by atoms with van der Waals surface area (Å²) in [4.78, 5) is 0. The number of tetrazole rings is 1. The molecule has 26 heavy (non-hydrogen) atoms. The highest BCUT2D eigenvalue weighted by molar-refractivity contribution is 7.99. The first-order valence-electron chi connectivity index (χ1n) is 7.39. The molecule has 5 nitrogen and oxygen atoms in total. The van der Waals surface area contributed by atoms with Crippen molar-refractivity contribution >= 4 is 23.4 Å². The molecule has 10 heteroatoms. The minimum absolute atomic E-state index is 0.0266. The molecule has 1 aromatic heterocycles. The van der Waals surface area contributed by atoms with Gasteiger partial charge in [0.1, 0.15) is 5.75 Å². The van der Waals surface area contributed by atoms with Gasteiger partial charge < -0.3 is 4.74 Å². The molecule has 0 spiro atoms. The Morgan fingerprint density at radius 1 is 1.12 bits per heavy atom. The molecule has 0 amide bonds. The van der Waals surface area contributed by atoms with Gasteiger partial charge in [-0.1, -0.05) is 41.6 Å². The minimum Gasteiger partial charge on any atom is -0.406 e. The fourth-order valence-corrected chi connectivity index (χ4v) is 3.57. The van der Waals surface area contributed by atoms with E-state index in [9.17, 15) is 13.2 Å². The predicted molar refractivity (Wildman–Crippen MR) is 91.6 cm³/mol. The van der Waals surface area contributed by atoms with E-state index in [1.807, 2.05) is 25.1 Å². The van der Waals surface area contributed by atoms with Crippen LogP contribution in [0.2, 0.25) is 5.02 Å². The normalized spacial score (nSPS) is 12.8. The van der Waals surface area contributed by atoms with E-state index in [2.05, 4.69) is 20.3 Å². The van der Waals surface area contributed by atoms with Crippen molar-refractivity contribution in [3.8, 4) is 11.4 Å². The fraction of sp³-hybridized carbons (Fsp3) is 0.188. The van der Waals surface area contributed by atoms with Gasteiger partial charge >= 0.3 is 6.36 Å². The summed E-state index contributed by atoms with van der Waals surface area (Å²) in [6, 6.07) is 12.8. The minimum atomic E-state index is -4.73. The molecule has 0 fully saturated rings. The maximum atomic E-state index is 12.2. The van der Waals surface area contributed by atoms with Crippen molar-refractivity contribution in [3.05, 3.63) is 59.1 Å². The smallest absolute Gasteiger partial charge is 0.406 e. The second kappa shape index (κ2) is 7.55. The highest BCUT2D eigenvalue weighted by Crippen LogP contribution is 2.37. The summed E-state index contributed by atoms with van der Waals surface area (Å²) in [5.74, 6) is -0.312. The van der Waals surface area contributed by atoms with Crippen LogP contribution in [0.25, 0.3) is 5.69 Å². The Kier molecular flexibility index (Phi) is 5.38. The molecule has 0 aliphatic heterocycles. The van der Waals surface area contributed by atoms with Gasteiger partial charge in [0.25, 0.3) is 0 Å². The fourth-order valence-electron chi connectivity index (χ4n) is 2.23. The zero-order chi connectivity index (χ0) is 18.7. The first-order chi connectivity index (χ1) is 12.3. The van der Waals surface area contributed by atoms with E-state index in [0.29, 0.717) is 15.9 Å². The van der Waals surface area contributed by atoms with Crippen molar-refractivity contribution in [3.63, 3.8) is 0 Å². The van der Waals surface area contributed by atoms with Crippen LogP contribution in [0.5, 0.6) is 5.75 Å². The zero-order valence-electron chi connectivity index (χ0n) is 13.3. The van der Waals surface area contributed by atoms with Crippen molar-refractivity contribution in [2.24, 2.45) is 0 Å². The van der Waals surface area contributed by atoms with E-state index in [4.69, 9.17) is 11.6 Å². The number of hydrogen-bond donors (Lipinski definition) is 0. The van der Waals surface area contributed by atoms with Crippen molar-refractivity contribution in [2.45, 2.75) is 23.7 Å². The SMILES string of the molecule is C[C@H](Sc1nnnn1-c1ccc(OC(F)(F)F)cc1)c1ccccc1Cl. The Labute approximate surface area is 156 Å². The largest absolute Gasteiger partial charge is 0.573 e. The van der Waals surface area contributed by atoms with Gasteiger partial charge in [-0.2, -0.15) is 4.68 Å². The van der Waals surface area contributed by atoms with Crippen LogP contribution in [-0.2, 0) is 0 Å². The summed E-state index contributed by atoms with van der Waals surface area (Å²) in [6.45, 7) is 1.96. The van der Waals surface area contributed by atoms with E-state index >= 15 is 0 Å². The molecule has 0 N–H and O–H groups in total. The van der Waals surface area contributed by atoms with Crippen LogP contribution in [0.15, 0.2) is 53.7 Å². The average molecular weight is 401 g/mol. The first-order valence-corrected chi connectivity index (χ1v) is 8.65. The molecule has 0 saturated heterocycles. The molecule has 0 aliphatic carbocycles. The van der Waals surface area contributed by atoms with Crippen LogP contribution in [0.1, 0.15) is 17.7 Å². The van der Waals surface area contributed by atoms with Gasteiger partial charge in [-0.3, -0.25) is 0 Å². The van der Waals surface area contributed by atoms with Crippen molar-refractivity contribution in [2.75, 3.05) is 0 Å². The second-order valence-electron chi connectivity index (χ2n) is 5.20. The monoisotopic (exact) mass is 400 g/mol. The summed E-state index contributed by atoms with van der Waals surface area (Å²) in [7, 11) is 0. The quantitative estimate of drug-likeness (QED) is 0.560. The number of alkyl halides is 3. The van der Waals surface area contributed by atoms with Crippen LogP contribution in [0.4, 0.5) is 13.2 Å². The lowest BCUT2D eigenvalue weighted by molar-refractivity contribution is -0.274. The summed E-state index contributed by atoms with van der Waals surface area (Å²) in [5.41, 5.74) is 1.45. The Balaban J connectivity index is 1.79. The van der Waals surface area contributed by atoms with Crippen LogP contribution in [0, 0.1) is 0 Å². The van der Waals surface area contributed by atoms with Gasteiger partial charge in [0.15, 0.2) is 0 Å². The molecule has 3 aromatic rings. The number of benzene rings is 2. The molecule has 3 rings (SSSR count). The third-order valence-corrected chi connectivity index (χ3v) is 4.80. The van der Waals surface area contributed by atoms with Gasteiger partial charge in [0.05, 0.1) is 5.69 Å². The summed E-state index contributed by atoms with van der Waals surface area (Å²) in [6.07, 6.45) is -4.73. The summed E-state index contributed by atoms with van der Waals surface area (Å²) >= 11 is 7.59. The van der Waals surface area contributed by atoms with E-state index in [-0.39, 0.29) is 11.0 Å². The van der Waals surface area contributed by atoms with E-state index in [0.717, 1.165) is 5.56 Å². The zero-order valence-corrected chi connectivity index (χ0v) is 14.9. The van der Waals surface area contributed by atoms with Crippen molar-refractivity contribution < 1.29 is 17.9 Å². The Bertz CT molecular complexity index is 886. The lowest BCUT2D eigenvalue weighted by atomic mass is 10.2. The topological polar surface area (TPSA) is 52.8 Å². The lowest BCUT2D eigenvalue weighted by Crippen LogP contribution is -2.17. The summed E-state index contributed by atoms with van der Waals surface area (Å²) in [5, 5.41) is 12.6. The first kappa shape index (κ1) is 18.5. The predicted octanol–water partition coefficient (Wildman–Crippen LogP) is 5.07. The molecule has 136 valence electrons. The molecule has 0 radical (unpaired) electrons. The molecule has 1 atom stereocenters. The lowest BCUT2D eigenvalue weighted by Gasteiger charge is -2.13. The number of hydrogen-bond acceptors (Lipinski definition) is 5. The van der Waals surface area contributed by atoms with Crippen LogP contribution in [-0.4, -0.2) is 26.6 Å². The van der Waals surface area contributed by atoms with Gasteiger partial charge in [-0.25, -0.2) is 0 Å². The van der Waals surface area contributed by atoms with Crippen molar-refractivity contribution in [1.82, 2.24) is 20.2 Å². The number of aromatic nitrogens is 4. The molecule has 0 saturated carbocycles. The summed E-state index contributed by atoms with van der Waals surface area (Å²) < 4.78 is 42.0. The Morgan fingerprint density at radius 2 is 1.81 bits per heavy atom. The molecular weight excluding hydrogens is 389 g/mol. The molecular formula is C16H12ClF3N4OS. The Morgan fingerprint density at radius 3 is 2.46 bits per heavy atom. The number of nitrogens with zero attached hydrogens (tertiary/aromatic N) is 4.